The minimum absolute atomic E-state index is 0.0399. The standard InChI is InChI=1S/C25H28N6O2/c1-16-19-14-22(32)31(13-11-18-8-5-4-6-9-18)24(19)27-23(26-16)21-10-7-12-30(21)25(33)20-15-29(3)28-17(20)2/h4-6,8-9,15,21H,7,10-14H2,1-3H3/t21-/m0/s1. The van der Waals surface area contributed by atoms with Gasteiger partial charge in [0.25, 0.3) is 5.91 Å². The number of hydrogen-bond acceptors (Lipinski definition) is 5. The molecular weight excluding hydrogens is 416 g/mol. The number of aryl methyl sites for hydroxylation is 3. The topological polar surface area (TPSA) is 84.2 Å². The molecule has 1 atom stereocenters. The van der Waals surface area contributed by atoms with Crippen LogP contribution in [-0.4, -0.2) is 49.6 Å². The first kappa shape index (κ1) is 21.3. The molecule has 0 aliphatic carbocycles. The van der Waals surface area contributed by atoms with E-state index in [1.54, 1.807) is 15.8 Å². The number of carbonyl (C=O) groups is 2. The molecule has 2 aliphatic rings. The maximum Gasteiger partial charge on any atom is 0.257 e. The molecule has 2 aromatic heterocycles. The highest BCUT2D eigenvalue weighted by Gasteiger charge is 2.37. The average Bonchev–Trinajstić information content (AvgIpc) is 3.49. The van der Waals surface area contributed by atoms with Crippen LogP contribution in [0.3, 0.4) is 0 Å². The monoisotopic (exact) mass is 444 g/mol. The summed E-state index contributed by atoms with van der Waals surface area (Å²) in [5.74, 6) is 1.34. The van der Waals surface area contributed by atoms with Gasteiger partial charge in [-0.05, 0) is 38.7 Å². The van der Waals surface area contributed by atoms with Crippen LogP contribution >= 0.6 is 0 Å². The van der Waals surface area contributed by atoms with E-state index in [9.17, 15) is 9.59 Å². The third-order valence-corrected chi connectivity index (χ3v) is 6.62. The zero-order valence-electron chi connectivity index (χ0n) is 19.3. The number of nitrogens with zero attached hydrogens (tertiary/aromatic N) is 6. The van der Waals surface area contributed by atoms with Gasteiger partial charge >= 0.3 is 0 Å². The van der Waals surface area contributed by atoms with Gasteiger partial charge in [-0.25, -0.2) is 9.97 Å². The fourth-order valence-corrected chi connectivity index (χ4v) is 4.90. The second-order valence-corrected chi connectivity index (χ2v) is 8.89. The third-order valence-electron chi connectivity index (χ3n) is 6.62. The molecule has 0 spiro atoms. The summed E-state index contributed by atoms with van der Waals surface area (Å²) in [6, 6.07) is 9.95. The van der Waals surface area contributed by atoms with Crippen molar-refractivity contribution in [3.05, 3.63) is 70.4 Å². The molecule has 1 aromatic carbocycles. The van der Waals surface area contributed by atoms with Crippen LogP contribution < -0.4 is 4.90 Å². The van der Waals surface area contributed by atoms with E-state index in [1.165, 1.54) is 5.56 Å². The summed E-state index contributed by atoms with van der Waals surface area (Å²) in [7, 11) is 1.82. The molecule has 0 saturated carbocycles. The molecular formula is C25H28N6O2. The van der Waals surface area contributed by atoms with Gasteiger partial charge in [0.15, 0.2) is 5.82 Å². The van der Waals surface area contributed by atoms with E-state index in [1.807, 2.05) is 44.0 Å². The van der Waals surface area contributed by atoms with Crippen LogP contribution in [0.15, 0.2) is 36.5 Å². The molecule has 0 bridgehead atoms. The quantitative estimate of drug-likeness (QED) is 0.604. The minimum atomic E-state index is -0.201. The summed E-state index contributed by atoms with van der Waals surface area (Å²) in [6.07, 6.45) is 4.57. The summed E-state index contributed by atoms with van der Waals surface area (Å²) >= 11 is 0. The maximum atomic E-state index is 13.3. The van der Waals surface area contributed by atoms with Gasteiger partial charge in [-0.1, -0.05) is 30.3 Å². The Morgan fingerprint density at radius 2 is 1.91 bits per heavy atom. The fraction of sp³-hybridized carbons (Fsp3) is 0.400. The van der Waals surface area contributed by atoms with Gasteiger partial charge in [0.05, 0.1) is 23.7 Å². The van der Waals surface area contributed by atoms with E-state index in [0.29, 0.717) is 36.7 Å². The first-order valence-electron chi connectivity index (χ1n) is 11.5. The molecule has 1 saturated heterocycles. The van der Waals surface area contributed by atoms with Gasteiger partial charge < -0.3 is 4.90 Å². The first-order valence-corrected chi connectivity index (χ1v) is 11.5. The first-order chi connectivity index (χ1) is 15.9. The lowest BCUT2D eigenvalue weighted by atomic mass is 10.1. The number of aromatic nitrogens is 4. The molecule has 4 heterocycles. The SMILES string of the molecule is Cc1nn(C)cc1C(=O)N1CCC[C@H]1c1nc(C)c2c(n1)N(CCc1ccccc1)C(=O)C2. The third kappa shape index (κ3) is 3.90. The van der Waals surface area contributed by atoms with E-state index in [2.05, 4.69) is 17.2 Å². The van der Waals surface area contributed by atoms with E-state index in [4.69, 9.17) is 9.97 Å². The van der Waals surface area contributed by atoms with Gasteiger partial charge in [-0.2, -0.15) is 5.10 Å². The Morgan fingerprint density at radius 1 is 1.12 bits per heavy atom. The van der Waals surface area contributed by atoms with E-state index >= 15 is 0 Å². The predicted molar refractivity (Wildman–Crippen MR) is 124 cm³/mol. The Hall–Kier alpha value is -3.55. The van der Waals surface area contributed by atoms with Crippen LogP contribution in [0.2, 0.25) is 0 Å². The van der Waals surface area contributed by atoms with Gasteiger partial charge in [0, 0.05) is 37.6 Å². The Balaban J connectivity index is 1.43. The van der Waals surface area contributed by atoms with Crippen LogP contribution in [0, 0.1) is 13.8 Å². The van der Waals surface area contributed by atoms with Crippen molar-refractivity contribution in [2.75, 3.05) is 18.0 Å². The maximum absolute atomic E-state index is 13.3. The van der Waals surface area contributed by atoms with Crippen molar-refractivity contribution in [3.63, 3.8) is 0 Å². The van der Waals surface area contributed by atoms with Crippen LogP contribution in [0.25, 0.3) is 0 Å². The number of rotatable bonds is 5. The van der Waals surface area contributed by atoms with Gasteiger partial charge in [0.2, 0.25) is 5.91 Å². The van der Waals surface area contributed by atoms with Gasteiger partial charge in [-0.15, -0.1) is 0 Å². The molecule has 3 aromatic rings. The highest BCUT2D eigenvalue weighted by molar-refractivity contribution is 6.00. The van der Waals surface area contributed by atoms with Crippen molar-refractivity contribution in [2.24, 2.45) is 7.05 Å². The summed E-state index contributed by atoms with van der Waals surface area (Å²) in [4.78, 5) is 39.4. The Labute approximate surface area is 193 Å². The molecule has 2 amide bonds. The zero-order valence-corrected chi connectivity index (χ0v) is 19.3. The normalized spacial score (nSPS) is 17.7. The smallest absolute Gasteiger partial charge is 0.257 e. The highest BCUT2D eigenvalue weighted by atomic mass is 16.2. The lowest BCUT2D eigenvalue weighted by Gasteiger charge is -2.25. The molecule has 0 N–H and O–H groups in total. The molecule has 1 fully saturated rings. The summed E-state index contributed by atoms with van der Waals surface area (Å²) in [5, 5.41) is 4.32. The molecule has 170 valence electrons. The second-order valence-electron chi connectivity index (χ2n) is 8.89. The number of anilines is 1. The van der Waals surface area contributed by atoms with Crippen molar-refractivity contribution in [1.29, 1.82) is 0 Å². The number of fused-ring (bicyclic) bond motifs is 1. The summed E-state index contributed by atoms with van der Waals surface area (Å²) in [5.41, 5.74) is 4.24. The van der Waals surface area contributed by atoms with Crippen LogP contribution in [0.4, 0.5) is 5.82 Å². The fourth-order valence-electron chi connectivity index (χ4n) is 4.90. The van der Waals surface area contributed by atoms with E-state index in [-0.39, 0.29) is 17.9 Å². The average molecular weight is 445 g/mol. The van der Waals surface area contributed by atoms with Crippen molar-refractivity contribution >= 4 is 17.6 Å². The van der Waals surface area contributed by atoms with Crippen LogP contribution in [0.5, 0.6) is 0 Å². The largest absolute Gasteiger partial charge is 0.328 e. The number of carbonyl (C=O) groups excluding carboxylic acids is 2. The highest BCUT2D eigenvalue weighted by Crippen LogP contribution is 2.36. The predicted octanol–water partition coefficient (Wildman–Crippen LogP) is 2.94. The molecule has 0 unspecified atom stereocenters. The Bertz CT molecular complexity index is 1220. The van der Waals surface area contributed by atoms with Crippen LogP contribution in [0.1, 0.15) is 57.6 Å². The number of benzene rings is 1. The van der Waals surface area contributed by atoms with Crippen molar-refractivity contribution in [1.82, 2.24) is 24.6 Å². The lowest BCUT2D eigenvalue weighted by Crippen LogP contribution is -2.33. The van der Waals surface area contributed by atoms with Gasteiger partial charge in [0.1, 0.15) is 5.82 Å². The molecule has 33 heavy (non-hydrogen) atoms. The molecule has 8 heteroatoms. The molecule has 0 radical (unpaired) electrons. The van der Waals surface area contributed by atoms with Crippen molar-refractivity contribution in [3.8, 4) is 0 Å². The molecule has 2 aliphatic heterocycles. The number of amides is 2. The molecule has 8 nitrogen and oxygen atoms in total. The Morgan fingerprint density at radius 3 is 2.64 bits per heavy atom. The number of likely N-dealkylation sites (tertiary alicyclic amines) is 1. The lowest BCUT2D eigenvalue weighted by molar-refractivity contribution is -0.117. The van der Waals surface area contributed by atoms with Gasteiger partial charge in [-0.3, -0.25) is 19.2 Å². The summed E-state index contributed by atoms with van der Waals surface area (Å²) < 4.78 is 1.67. The Kier molecular flexibility index (Phi) is 5.44. The second kappa shape index (κ2) is 8.42. The van der Waals surface area contributed by atoms with E-state index in [0.717, 1.165) is 36.2 Å². The summed E-state index contributed by atoms with van der Waals surface area (Å²) in [6.45, 7) is 5.02. The minimum Gasteiger partial charge on any atom is -0.328 e. The van der Waals surface area contributed by atoms with Crippen molar-refractivity contribution in [2.45, 2.75) is 45.6 Å². The molecule has 5 rings (SSSR count). The zero-order chi connectivity index (χ0) is 23.1. The van der Waals surface area contributed by atoms with Crippen molar-refractivity contribution < 1.29 is 9.59 Å². The van der Waals surface area contributed by atoms with E-state index < -0.39 is 0 Å². The van der Waals surface area contributed by atoms with Crippen LogP contribution in [-0.2, 0) is 24.7 Å². The number of hydrogen-bond donors (Lipinski definition) is 0.